The van der Waals surface area contributed by atoms with Crippen LogP contribution in [0.4, 0.5) is 0 Å². The van der Waals surface area contributed by atoms with Gasteiger partial charge in [0.05, 0.1) is 0 Å². The molecule has 0 saturated heterocycles. The topological polar surface area (TPSA) is 40.5 Å². The minimum atomic E-state index is -1.35. The molecule has 0 bridgehead atoms. The fourth-order valence-corrected chi connectivity index (χ4v) is 2.73. The van der Waals surface area contributed by atoms with Crippen LogP contribution in [0, 0.1) is 5.92 Å². The highest BCUT2D eigenvalue weighted by Gasteiger charge is 2.14. The van der Waals surface area contributed by atoms with Crippen molar-refractivity contribution in [2.45, 2.75) is 44.9 Å². The first-order chi connectivity index (χ1) is 8.25. The largest absolute Gasteiger partial charge is 0.488 e. The standard InChI is InChI=1S/C14H21BO2/c16-15(17)14-9-7-13(8-10-14)11-12-5-3-1-2-4-6-12/h7-10,12,16-17H,1-6,11H2. The van der Waals surface area contributed by atoms with Gasteiger partial charge in [0.25, 0.3) is 0 Å². The molecule has 0 spiro atoms. The Morgan fingerprint density at radius 1 is 0.941 bits per heavy atom. The van der Waals surface area contributed by atoms with E-state index in [0.29, 0.717) is 5.46 Å². The number of hydrogen-bond acceptors (Lipinski definition) is 2. The fourth-order valence-electron chi connectivity index (χ4n) is 2.73. The van der Waals surface area contributed by atoms with Crippen molar-refractivity contribution in [2.24, 2.45) is 5.92 Å². The molecule has 0 amide bonds. The number of benzene rings is 1. The quantitative estimate of drug-likeness (QED) is 0.617. The zero-order valence-electron chi connectivity index (χ0n) is 10.3. The van der Waals surface area contributed by atoms with Gasteiger partial charge in [0.2, 0.25) is 0 Å². The Balaban J connectivity index is 1.93. The molecule has 2 rings (SSSR count). The summed E-state index contributed by atoms with van der Waals surface area (Å²) in [5.74, 6) is 0.822. The van der Waals surface area contributed by atoms with Gasteiger partial charge in [0.1, 0.15) is 0 Å². The Labute approximate surface area is 104 Å². The zero-order chi connectivity index (χ0) is 12.1. The van der Waals surface area contributed by atoms with Gasteiger partial charge in [0.15, 0.2) is 0 Å². The lowest BCUT2D eigenvalue weighted by Gasteiger charge is -2.14. The van der Waals surface area contributed by atoms with E-state index in [1.54, 1.807) is 0 Å². The average Bonchev–Trinajstić information content (AvgIpc) is 2.58. The summed E-state index contributed by atoms with van der Waals surface area (Å²) in [7, 11) is -1.35. The molecule has 1 aromatic rings. The highest BCUT2D eigenvalue weighted by atomic mass is 16.4. The molecular weight excluding hydrogens is 211 g/mol. The summed E-state index contributed by atoms with van der Waals surface area (Å²) in [5.41, 5.74) is 1.90. The molecule has 0 aromatic heterocycles. The number of rotatable bonds is 3. The van der Waals surface area contributed by atoms with E-state index < -0.39 is 7.12 Å². The first-order valence-electron chi connectivity index (χ1n) is 6.70. The molecule has 1 aliphatic carbocycles. The molecule has 0 atom stereocenters. The molecule has 2 N–H and O–H groups in total. The van der Waals surface area contributed by atoms with E-state index in [1.807, 2.05) is 24.3 Å². The predicted octanol–water partition coefficient (Wildman–Crippen LogP) is 1.88. The Morgan fingerprint density at radius 3 is 2.06 bits per heavy atom. The Bertz CT molecular complexity index is 327. The first-order valence-corrected chi connectivity index (χ1v) is 6.70. The summed E-state index contributed by atoms with van der Waals surface area (Å²) < 4.78 is 0. The van der Waals surface area contributed by atoms with Crippen molar-refractivity contribution in [3.8, 4) is 0 Å². The highest BCUT2D eigenvalue weighted by molar-refractivity contribution is 6.58. The van der Waals surface area contributed by atoms with Crippen molar-refractivity contribution >= 4 is 12.6 Å². The van der Waals surface area contributed by atoms with Gasteiger partial charge in [-0.15, -0.1) is 0 Å². The van der Waals surface area contributed by atoms with Crippen LogP contribution < -0.4 is 5.46 Å². The van der Waals surface area contributed by atoms with E-state index in [-0.39, 0.29) is 0 Å². The minimum Gasteiger partial charge on any atom is -0.423 e. The van der Waals surface area contributed by atoms with Crippen LogP contribution in [-0.4, -0.2) is 17.2 Å². The van der Waals surface area contributed by atoms with Crippen molar-refractivity contribution < 1.29 is 10.0 Å². The molecule has 92 valence electrons. The van der Waals surface area contributed by atoms with Gasteiger partial charge < -0.3 is 10.0 Å². The summed E-state index contributed by atoms with van der Waals surface area (Å²) >= 11 is 0. The smallest absolute Gasteiger partial charge is 0.423 e. The molecule has 17 heavy (non-hydrogen) atoms. The molecule has 0 aliphatic heterocycles. The molecular formula is C14H21BO2. The SMILES string of the molecule is OB(O)c1ccc(CC2CCCCCC2)cc1. The van der Waals surface area contributed by atoms with Gasteiger partial charge in [0, 0.05) is 0 Å². The summed E-state index contributed by atoms with van der Waals surface area (Å²) in [6.07, 6.45) is 9.38. The zero-order valence-corrected chi connectivity index (χ0v) is 10.3. The van der Waals surface area contributed by atoms with Crippen molar-refractivity contribution in [3.05, 3.63) is 29.8 Å². The van der Waals surface area contributed by atoms with Gasteiger partial charge in [-0.05, 0) is 23.4 Å². The van der Waals surface area contributed by atoms with Crippen LogP contribution in [0.1, 0.15) is 44.1 Å². The van der Waals surface area contributed by atoms with Gasteiger partial charge in [-0.3, -0.25) is 0 Å². The van der Waals surface area contributed by atoms with Crippen molar-refractivity contribution in [3.63, 3.8) is 0 Å². The second-order valence-electron chi connectivity index (χ2n) is 5.18. The third-order valence-corrected chi connectivity index (χ3v) is 3.78. The maximum Gasteiger partial charge on any atom is 0.488 e. The summed E-state index contributed by atoms with van der Waals surface area (Å²) in [5, 5.41) is 18.1. The third-order valence-electron chi connectivity index (χ3n) is 3.78. The molecule has 0 unspecified atom stereocenters. The minimum absolute atomic E-state index is 0.578. The van der Waals surface area contributed by atoms with Crippen LogP contribution in [0.15, 0.2) is 24.3 Å². The molecule has 3 heteroatoms. The average molecular weight is 232 g/mol. The van der Waals surface area contributed by atoms with E-state index in [1.165, 1.54) is 44.1 Å². The second kappa shape index (κ2) is 6.22. The Morgan fingerprint density at radius 2 is 1.53 bits per heavy atom. The van der Waals surface area contributed by atoms with Crippen LogP contribution in [0.5, 0.6) is 0 Å². The lowest BCUT2D eigenvalue weighted by Crippen LogP contribution is -2.29. The molecule has 0 radical (unpaired) electrons. The maximum atomic E-state index is 9.03. The van der Waals surface area contributed by atoms with E-state index in [4.69, 9.17) is 10.0 Å². The van der Waals surface area contributed by atoms with Gasteiger partial charge in [-0.2, -0.15) is 0 Å². The van der Waals surface area contributed by atoms with E-state index in [2.05, 4.69) is 0 Å². The first kappa shape index (κ1) is 12.7. The van der Waals surface area contributed by atoms with E-state index in [9.17, 15) is 0 Å². The van der Waals surface area contributed by atoms with Gasteiger partial charge >= 0.3 is 7.12 Å². The Hall–Kier alpha value is -0.795. The highest BCUT2D eigenvalue weighted by Crippen LogP contribution is 2.25. The lowest BCUT2D eigenvalue weighted by molar-refractivity contribution is 0.425. The van der Waals surface area contributed by atoms with Crippen LogP contribution >= 0.6 is 0 Å². The van der Waals surface area contributed by atoms with Crippen molar-refractivity contribution in [1.29, 1.82) is 0 Å². The molecule has 1 fully saturated rings. The third kappa shape index (κ3) is 3.86. The molecule has 1 aromatic carbocycles. The molecule has 1 saturated carbocycles. The van der Waals surface area contributed by atoms with E-state index in [0.717, 1.165) is 12.3 Å². The Kier molecular flexibility index (Phi) is 4.63. The number of hydrogen-bond donors (Lipinski definition) is 2. The monoisotopic (exact) mass is 232 g/mol. The summed E-state index contributed by atoms with van der Waals surface area (Å²) in [6, 6.07) is 7.69. The maximum absolute atomic E-state index is 9.03. The summed E-state index contributed by atoms with van der Waals surface area (Å²) in [6.45, 7) is 0. The predicted molar refractivity (Wildman–Crippen MR) is 71.2 cm³/mol. The van der Waals surface area contributed by atoms with Crippen LogP contribution in [-0.2, 0) is 6.42 Å². The molecule has 2 nitrogen and oxygen atoms in total. The van der Waals surface area contributed by atoms with Crippen molar-refractivity contribution in [2.75, 3.05) is 0 Å². The fraction of sp³-hybridized carbons (Fsp3) is 0.571. The normalized spacial score (nSPS) is 17.8. The molecule has 0 heterocycles. The van der Waals surface area contributed by atoms with Crippen LogP contribution in [0.2, 0.25) is 0 Å². The molecule has 1 aliphatic rings. The van der Waals surface area contributed by atoms with Crippen LogP contribution in [0.25, 0.3) is 0 Å². The van der Waals surface area contributed by atoms with Gasteiger partial charge in [-0.1, -0.05) is 62.8 Å². The van der Waals surface area contributed by atoms with E-state index >= 15 is 0 Å². The van der Waals surface area contributed by atoms with Gasteiger partial charge in [-0.25, -0.2) is 0 Å². The second-order valence-corrected chi connectivity index (χ2v) is 5.18. The van der Waals surface area contributed by atoms with Crippen LogP contribution in [0.3, 0.4) is 0 Å². The summed E-state index contributed by atoms with van der Waals surface area (Å²) in [4.78, 5) is 0. The lowest BCUT2D eigenvalue weighted by atomic mass is 9.79. The van der Waals surface area contributed by atoms with Crippen molar-refractivity contribution in [1.82, 2.24) is 0 Å².